The number of H-pyrrole nitrogens is 1. The molecule has 4 heteroatoms. The van der Waals surface area contributed by atoms with Gasteiger partial charge < -0.3 is 10.7 Å². The second kappa shape index (κ2) is 4.90. The van der Waals surface area contributed by atoms with Gasteiger partial charge in [-0.3, -0.25) is 0 Å². The van der Waals surface area contributed by atoms with Crippen LogP contribution in [0.1, 0.15) is 25.4 Å². The number of hydrogen-bond donors (Lipinski definition) is 2. The molecule has 0 unspecified atom stereocenters. The Bertz CT molecular complexity index is 515. The van der Waals surface area contributed by atoms with Gasteiger partial charge in [0, 0.05) is 18.3 Å². The summed E-state index contributed by atoms with van der Waals surface area (Å²) in [6, 6.07) is 5.97. The quantitative estimate of drug-likeness (QED) is 0.867. The molecule has 2 heterocycles. The van der Waals surface area contributed by atoms with Gasteiger partial charge in [-0.05, 0) is 37.1 Å². The molecule has 0 saturated heterocycles. The van der Waals surface area contributed by atoms with Crippen LogP contribution in [0.4, 0.5) is 0 Å². The van der Waals surface area contributed by atoms with Crippen molar-refractivity contribution < 1.29 is 0 Å². The van der Waals surface area contributed by atoms with Gasteiger partial charge in [0.15, 0.2) is 0 Å². The molecule has 0 aliphatic heterocycles. The summed E-state index contributed by atoms with van der Waals surface area (Å²) in [6.07, 6.45) is 2.69. The van der Waals surface area contributed by atoms with E-state index in [1.807, 2.05) is 31.3 Å². The summed E-state index contributed by atoms with van der Waals surface area (Å²) in [4.78, 5) is 12.3. The van der Waals surface area contributed by atoms with Crippen LogP contribution in [0.3, 0.4) is 0 Å². The van der Waals surface area contributed by atoms with E-state index in [0.29, 0.717) is 6.54 Å². The van der Waals surface area contributed by atoms with E-state index in [2.05, 4.69) is 28.8 Å². The number of nitrogens with one attached hydrogen (secondary N) is 1. The van der Waals surface area contributed by atoms with Crippen LogP contribution >= 0.6 is 0 Å². The largest absolute Gasteiger partial charge is 0.360 e. The maximum atomic E-state index is 5.76. The molecule has 0 radical (unpaired) electrons. The van der Waals surface area contributed by atoms with Gasteiger partial charge in [-0.25, -0.2) is 9.97 Å². The topological polar surface area (TPSA) is 67.6 Å². The zero-order valence-electron chi connectivity index (χ0n) is 11.2. The first-order valence-corrected chi connectivity index (χ1v) is 6.18. The van der Waals surface area contributed by atoms with E-state index in [0.717, 1.165) is 29.3 Å². The lowest BCUT2D eigenvalue weighted by molar-refractivity contribution is 0.367. The van der Waals surface area contributed by atoms with Crippen molar-refractivity contribution in [2.75, 3.05) is 6.54 Å². The van der Waals surface area contributed by atoms with Crippen molar-refractivity contribution in [3.05, 3.63) is 35.9 Å². The Labute approximate surface area is 108 Å². The van der Waals surface area contributed by atoms with E-state index < -0.39 is 0 Å². The van der Waals surface area contributed by atoms with Crippen LogP contribution < -0.4 is 5.73 Å². The van der Waals surface area contributed by atoms with E-state index in [4.69, 9.17) is 5.73 Å². The van der Waals surface area contributed by atoms with Gasteiger partial charge in [-0.1, -0.05) is 13.8 Å². The van der Waals surface area contributed by atoms with Gasteiger partial charge in [0.05, 0.1) is 11.4 Å². The summed E-state index contributed by atoms with van der Waals surface area (Å²) in [5.41, 5.74) is 8.74. The minimum absolute atomic E-state index is 0.0286. The van der Waals surface area contributed by atoms with Crippen LogP contribution in [0.25, 0.3) is 11.4 Å². The molecule has 3 N–H and O–H groups in total. The molecule has 18 heavy (non-hydrogen) atoms. The molecule has 0 atom stereocenters. The first-order chi connectivity index (χ1) is 8.50. The zero-order chi connectivity index (χ0) is 13.2. The number of rotatable bonds is 4. The molecular weight excluding hydrogens is 224 g/mol. The predicted octanol–water partition coefficient (Wildman–Crippen LogP) is 2.31. The average Bonchev–Trinajstić information content (AvgIpc) is 2.81. The normalized spacial score (nSPS) is 11.8. The van der Waals surface area contributed by atoms with Crippen LogP contribution in [-0.4, -0.2) is 21.5 Å². The van der Waals surface area contributed by atoms with Crippen molar-refractivity contribution in [1.82, 2.24) is 15.0 Å². The van der Waals surface area contributed by atoms with Crippen LogP contribution in [0.15, 0.2) is 24.4 Å². The molecule has 0 bridgehead atoms. The molecule has 0 aliphatic rings. The monoisotopic (exact) mass is 244 g/mol. The Hall–Kier alpha value is -1.68. The lowest BCUT2D eigenvalue weighted by atomic mass is 9.89. The fraction of sp³-hybridized carbons (Fsp3) is 0.429. The van der Waals surface area contributed by atoms with E-state index in [1.165, 1.54) is 0 Å². The van der Waals surface area contributed by atoms with Gasteiger partial charge in [-0.15, -0.1) is 0 Å². The Morgan fingerprint density at radius 3 is 2.72 bits per heavy atom. The highest BCUT2D eigenvalue weighted by atomic mass is 14.9. The van der Waals surface area contributed by atoms with Crippen LogP contribution in [0.2, 0.25) is 0 Å². The van der Waals surface area contributed by atoms with Gasteiger partial charge >= 0.3 is 0 Å². The van der Waals surface area contributed by atoms with Crippen LogP contribution in [-0.2, 0) is 6.42 Å². The van der Waals surface area contributed by atoms with E-state index in [-0.39, 0.29) is 5.41 Å². The molecule has 0 aromatic carbocycles. The molecular formula is C14H20N4. The fourth-order valence-corrected chi connectivity index (χ4v) is 1.84. The second-order valence-electron chi connectivity index (χ2n) is 5.44. The first-order valence-electron chi connectivity index (χ1n) is 6.18. The Morgan fingerprint density at radius 1 is 1.33 bits per heavy atom. The molecule has 0 fully saturated rings. The summed E-state index contributed by atoms with van der Waals surface area (Å²) < 4.78 is 0. The van der Waals surface area contributed by atoms with Crippen molar-refractivity contribution in [2.24, 2.45) is 11.1 Å². The van der Waals surface area contributed by atoms with Crippen LogP contribution in [0.5, 0.6) is 0 Å². The third kappa shape index (κ3) is 2.96. The maximum absolute atomic E-state index is 5.76. The number of aromatic amines is 1. The standard InChI is InChI=1S/C14H20N4/c1-10-7-12(11-5-4-6-16-11)18-13(17-10)8-14(2,3)9-15/h4-7,16H,8-9,15H2,1-3H3. The molecule has 4 nitrogen and oxygen atoms in total. The number of nitrogens with two attached hydrogens (primary N) is 1. The summed E-state index contributed by atoms with van der Waals surface area (Å²) >= 11 is 0. The Morgan fingerprint density at radius 2 is 2.11 bits per heavy atom. The van der Waals surface area contributed by atoms with Crippen molar-refractivity contribution in [3.8, 4) is 11.4 Å². The van der Waals surface area contributed by atoms with E-state index >= 15 is 0 Å². The minimum Gasteiger partial charge on any atom is -0.360 e. The minimum atomic E-state index is 0.0286. The summed E-state index contributed by atoms with van der Waals surface area (Å²) in [7, 11) is 0. The van der Waals surface area contributed by atoms with Crippen molar-refractivity contribution in [3.63, 3.8) is 0 Å². The number of hydrogen-bond acceptors (Lipinski definition) is 3. The molecule has 0 spiro atoms. The lowest BCUT2D eigenvalue weighted by Crippen LogP contribution is -2.27. The number of nitrogens with zero attached hydrogens (tertiary/aromatic N) is 2. The zero-order valence-corrected chi connectivity index (χ0v) is 11.2. The Kier molecular flexibility index (Phi) is 3.48. The van der Waals surface area contributed by atoms with Crippen LogP contribution in [0, 0.1) is 12.3 Å². The van der Waals surface area contributed by atoms with E-state index in [9.17, 15) is 0 Å². The van der Waals surface area contributed by atoms with Crippen molar-refractivity contribution in [1.29, 1.82) is 0 Å². The third-order valence-electron chi connectivity index (χ3n) is 2.96. The summed E-state index contributed by atoms with van der Waals surface area (Å²) in [5, 5.41) is 0. The molecule has 0 amide bonds. The van der Waals surface area contributed by atoms with Gasteiger partial charge in [0.25, 0.3) is 0 Å². The van der Waals surface area contributed by atoms with E-state index in [1.54, 1.807) is 0 Å². The molecule has 2 rings (SSSR count). The Balaban J connectivity index is 2.33. The van der Waals surface area contributed by atoms with Gasteiger partial charge in [0.2, 0.25) is 0 Å². The third-order valence-corrected chi connectivity index (χ3v) is 2.96. The summed E-state index contributed by atoms with van der Waals surface area (Å²) in [5.74, 6) is 0.857. The molecule has 2 aromatic rings. The molecule has 0 aliphatic carbocycles. The SMILES string of the molecule is Cc1cc(-c2ccc[nH]2)nc(CC(C)(C)CN)n1. The highest BCUT2D eigenvalue weighted by Gasteiger charge is 2.18. The fourth-order valence-electron chi connectivity index (χ4n) is 1.84. The van der Waals surface area contributed by atoms with Gasteiger partial charge in [-0.2, -0.15) is 0 Å². The predicted molar refractivity (Wildman–Crippen MR) is 73.1 cm³/mol. The first kappa shape index (κ1) is 12.8. The molecule has 96 valence electrons. The number of aromatic nitrogens is 3. The highest BCUT2D eigenvalue weighted by Crippen LogP contribution is 2.21. The maximum Gasteiger partial charge on any atom is 0.129 e. The second-order valence-corrected chi connectivity index (χ2v) is 5.44. The van der Waals surface area contributed by atoms with Crippen molar-refractivity contribution >= 4 is 0 Å². The molecule has 0 saturated carbocycles. The number of aryl methyl sites for hydroxylation is 1. The van der Waals surface area contributed by atoms with Gasteiger partial charge in [0.1, 0.15) is 5.82 Å². The lowest BCUT2D eigenvalue weighted by Gasteiger charge is -2.21. The summed E-state index contributed by atoms with van der Waals surface area (Å²) in [6.45, 7) is 6.88. The van der Waals surface area contributed by atoms with Crippen molar-refractivity contribution in [2.45, 2.75) is 27.2 Å². The molecule has 2 aromatic heterocycles. The highest BCUT2D eigenvalue weighted by molar-refractivity contribution is 5.54. The smallest absolute Gasteiger partial charge is 0.129 e. The average molecular weight is 244 g/mol.